The second-order valence-corrected chi connectivity index (χ2v) is 10.0. The van der Waals surface area contributed by atoms with Crippen LogP contribution in [-0.2, 0) is 27.5 Å². The average Bonchev–Trinajstić information content (AvgIpc) is 3.42. The summed E-state index contributed by atoms with van der Waals surface area (Å²) in [5.41, 5.74) is -0.640. The van der Waals surface area contributed by atoms with E-state index in [9.17, 15) is 19.5 Å². The Morgan fingerprint density at radius 1 is 1.13 bits per heavy atom. The maximum atomic E-state index is 10.6. The minimum absolute atomic E-state index is 0.434. The molecule has 2 heterocycles. The lowest BCUT2D eigenvalue weighted by Crippen LogP contribution is -2.42. The first-order chi connectivity index (χ1) is 17.9. The third kappa shape index (κ3) is 10.6. The van der Waals surface area contributed by atoms with E-state index in [0.29, 0.717) is 13.1 Å². The molecule has 0 saturated heterocycles. The van der Waals surface area contributed by atoms with Gasteiger partial charge in [-0.05, 0) is 50.8 Å². The van der Waals surface area contributed by atoms with Crippen LogP contribution < -0.4 is 0 Å². The maximum Gasteiger partial charge on any atom is 0.336 e. The highest BCUT2D eigenvalue weighted by Crippen LogP contribution is 2.25. The monoisotopic (exact) mass is 537 g/mol. The Kier molecular flexibility index (Phi) is 11.9. The highest BCUT2D eigenvalue weighted by molar-refractivity contribution is 5.88. The topological polar surface area (TPSA) is 187 Å². The quantitative estimate of drug-likeness (QED) is 0.252. The van der Waals surface area contributed by atoms with Gasteiger partial charge in [0.25, 0.3) is 0 Å². The van der Waals surface area contributed by atoms with Gasteiger partial charge in [-0.3, -0.25) is 19.2 Å². The van der Waals surface area contributed by atoms with Crippen LogP contribution in [0.2, 0.25) is 0 Å². The molecule has 38 heavy (non-hydrogen) atoms. The van der Waals surface area contributed by atoms with Crippen molar-refractivity contribution in [3.05, 3.63) is 41.6 Å². The third-order valence-corrected chi connectivity index (χ3v) is 6.44. The Bertz CT molecular complexity index is 1010. The van der Waals surface area contributed by atoms with Crippen LogP contribution in [0.15, 0.2) is 28.9 Å². The number of aromatic nitrogens is 2. The number of aliphatic hydroxyl groups excluding tert-OH is 1. The van der Waals surface area contributed by atoms with Crippen molar-refractivity contribution in [1.29, 1.82) is 0 Å². The minimum atomic E-state index is -2.74. The zero-order valence-electron chi connectivity index (χ0n) is 22.0. The number of aliphatic carboxylic acids is 3. The van der Waals surface area contributed by atoms with E-state index in [2.05, 4.69) is 16.1 Å². The van der Waals surface area contributed by atoms with Gasteiger partial charge in [-0.25, -0.2) is 4.79 Å². The van der Waals surface area contributed by atoms with Gasteiger partial charge in [0.15, 0.2) is 5.60 Å². The molecule has 12 nitrogen and oxygen atoms in total. The summed E-state index contributed by atoms with van der Waals surface area (Å²) in [4.78, 5) is 32.8. The molecule has 1 atom stereocenters. The summed E-state index contributed by atoms with van der Waals surface area (Å²) in [5, 5.41) is 48.9. The highest BCUT2D eigenvalue weighted by Gasteiger charge is 2.40. The number of aliphatic hydroxyl groups is 2. The fourth-order valence-corrected chi connectivity index (χ4v) is 4.69. The lowest BCUT2D eigenvalue weighted by Gasteiger charge is -2.30. The number of aryl methyl sites for hydroxylation is 2. The predicted molar refractivity (Wildman–Crippen MR) is 135 cm³/mol. The fraction of sp³-hybridized carbons (Fsp3) is 0.615. The van der Waals surface area contributed by atoms with E-state index in [1.807, 2.05) is 30.7 Å². The van der Waals surface area contributed by atoms with Crippen LogP contribution in [0.1, 0.15) is 62.1 Å². The summed E-state index contributed by atoms with van der Waals surface area (Å²) in [6.45, 7) is 7.01. The minimum Gasteiger partial charge on any atom is -0.481 e. The second-order valence-electron chi connectivity index (χ2n) is 10.0. The number of carboxylic acids is 3. The van der Waals surface area contributed by atoms with Crippen molar-refractivity contribution in [3.8, 4) is 0 Å². The molecule has 0 radical (unpaired) electrons. The summed E-state index contributed by atoms with van der Waals surface area (Å²) >= 11 is 0. The van der Waals surface area contributed by atoms with Crippen molar-refractivity contribution >= 4 is 17.9 Å². The van der Waals surface area contributed by atoms with Gasteiger partial charge in [-0.2, -0.15) is 5.10 Å². The molecule has 1 aliphatic carbocycles. The summed E-state index contributed by atoms with van der Waals surface area (Å²) in [5.74, 6) is -3.31. The van der Waals surface area contributed by atoms with Crippen molar-refractivity contribution in [3.63, 3.8) is 0 Å². The standard InChI is InChI=1S/C20H31N3O2.C6H8O7/c1-16-11-17(2)23(21-16)14-19(24)13-22(15-20-9-6-10-25-20)12-18-7-4-3-5-8-18;7-3(8)1-6(13,5(11)12)2-4(9)10/h6,9-11,18-19,24H,3-5,7-8,12-15H2,1-2H3;13H,1-2H2,(H,7,8)(H,9,10)(H,11,12). The largest absolute Gasteiger partial charge is 0.481 e. The first kappa shape index (κ1) is 31.0. The number of hydrogen-bond acceptors (Lipinski definition) is 8. The number of carbonyl (C=O) groups is 3. The van der Waals surface area contributed by atoms with Crippen LogP contribution in [0, 0.1) is 19.8 Å². The summed E-state index contributed by atoms with van der Waals surface area (Å²) in [7, 11) is 0. The summed E-state index contributed by atoms with van der Waals surface area (Å²) in [6.07, 6.45) is 5.67. The molecule has 3 rings (SSSR count). The van der Waals surface area contributed by atoms with E-state index in [0.717, 1.165) is 36.2 Å². The molecular formula is C26H39N3O9. The van der Waals surface area contributed by atoms with Crippen molar-refractivity contribution in [1.82, 2.24) is 14.7 Å². The van der Waals surface area contributed by atoms with E-state index >= 15 is 0 Å². The van der Waals surface area contributed by atoms with Crippen molar-refractivity contribution in [2.75, 3.05) is 13.1 Å². The molecule has 1 fully saturated rings. The Morgan fingerprint density at radius 3 is 2.24 bits per heavy atom. The van der Waals surface area contributed by atoms with Crippen LogP contribution in [0.5, 0.6) is 0 Å². The smallest absolute Gasteiger partial charge is 0.336 e. The van der Waals surface area contributed by atoms with Gasteiger partial charge in [0.05, 0.1) is 44.0 Å². The maximum absolute atomic E-state index is 10.6. The second kappa shape index (κ2) is 14.6. The Morgan fingerprint density at radius 2 is 1.76 bits per heavy atom. The van der Waals surface area contributed by atoms with Gasteiger partial charge in [0.2, 0.25) is 0 Å². The number of carboxylic acid groups (broad SMARTS) is 3. The molecule has 212 valence electrons. The molecule has 0 bridgehead atoms. The van der Waals surface area contributed by atoms with Crippen LogP contribution in [0.25, 0.3) is 0 Å². The van der Waals surface area contributed by atoms with Crippen molar-refractivity contribution in [2.45, 2.75) is 83.6 Å². The Hall–Kier alpha value is -3.22. The molecule has 12 heteroatoms. The van der Waals surface area contributed by atoms with Gasteiger partial charge in [-0.1, -0.05) is 19.3 Å². The third-order valence-electron chi connectivity index (χ3n) is 6.44. The zero-order valence-corrected chi connectivity index (χ0v) is 22.0. The first-order valence-electron chi connectivity index (χ1n) is 12.7. The van der Waals surface area contributed by atoms with Gasteiger partial charge in [0, 0.05) is 18.8 Å². The van der Waals surface area contributed by atoms with Gasteiger partial charge in [0.1, 0.15) is 5.76 Å². The molecule has 2 aromatic heterocycles. The molecule has 1 aliphatic rings. The SMILES string of the molecule is Cc1cc(C)n(CC(O)CN(Cc2ccco2)CC2CCCCC2)n1.O=C(O)CC(O)(CC(=O)O)C(=O)O. The Labute approximate surface area is 221 Å². The van der Waals surface area contributed by atoms with Gasteiger partial charge >= 0.3 is 17.9 Å². The molecule has 0 amide bonds. The molecule has 5 N–H and O–H groups in total. The molecular weight excluding hydrogens is 498 g/mol. The lowest BCUT2D eigenvalue weighted by atomic mass is 9.89. The molecule has 1 unspecified atom stereocenters. The van der Waals surface area contributed by atoms with Gasteiger partial charge in [-0.15, -0.1) is 0 Å². The van der Waals surface area contributed by atoms with E-state index in [1.54, 1.807) is 6.26 Å². The molecule has 0 aliphatic heterocycles. The van der Waals surface area contributed by atoms with E-state index in [4.69, 9.17) is 24.8 Å². The van der Waals surface area contributed by atoms with Crippen molar-refractivity contribution in [2.24, 2.45) is 5.92 Å². The number of furan rings is 1. The molecule has 2 aromatic rings. The van der Waals surface area contributed by atoms with Crippen LogP contribution in [-0.4, -0.2) is 82.9 Å². The van der Waals surface area contributed by atoms with E-state index in [-0.39, 0.29) is 0 Å². The number of rotatable bonds is 13. The lowest BCUT2D eigenvalue weighted by molar-refractivity contribution is -0.170. The first-order valence-corrected chi connectivity index (χ1v) is 12.7. The van der Waals surface area contributed by atoms with Crippen molar-refractivity contribution < 1.29 is 44.3 Å². The van der Waals surface area contributed by atoms with E-state index < -0.39 is 42.5 Å². The van der Waals surface area contributed by atoms with Crippen LogP contribution >= 0.6 is 0 Å². The van der Waals surface area contributed by atoms with E-state index in [1.165, 1.54) is 32.1 Å². The Balaban J connectivity index is 0.000000332. The number of hydrogen-bond donors (Lipinski definition) is 5. The van der Waals surface area contributed by atoms with Gasteiger partial charge < -0.3 is 29.9 Å². The highest BCUT2D eigenvalue weighted by atomic mass is 16.4. The molecule has 1 saturated carbocycles. The van der Waals surface area contributed by atoms with Crippen LogP contribution in [0.4, 0.5) is 0 Å². The average molecular weight is 538 g/mol. The zero-order chi connectivity index (χ0) is 28.3. The van der Waals surface area contributed by atoms with Crippen LogP contribution in [0.3, 0.4) is 0 Å². The molecule has 0 spiro atoms. The summed E-state index contributed by atoms with van der Waals surface area (Å²) in [6, 6.07) is 6.00. The predicted octanol–water partition coefficient (Wildman–Crippen LogP) is 2.29. The fourth-order valence-electron chi connectivity index (χ4n) is 4.69. The normalized spacial score (nSPS) is 15.1. The number of nitrogens with zero attached hydrogens (tertiary/aromatic N) is 3. The molecule has 0 aromatic carbocycles. The summed E-state index contributed by atoms with van der Waals surface area (Å²) < 4.78 is 7.44.